The highest BCUT2D eigenvalue weighted by atomic mass is 32.1. The van der Waals surface area contributed by atoms with Crippen molar-refractivity contribution in [2.45, 2.75) is 45.6 Å². The largest absolute Gasteiger partial charge is 0.375 e. The van der Waals surface area contributed by atoms with Gasteiger partial charge in [0.2, 0.25) is 5.91 Å². The highest BCUT2D eigenvalue weighted by Gasteiger charge is 2.36. The molecule has 12 nitrogen and oxygen atoms in total. The van der Waals surface area contributed by atoms with Gasteiger partial charge in [-0.2, -0.15) is 9.49 Å². The molecule has 0 bridgehead atoms. The Balaban J connectivity index is 1.28. The second kappa shape index (κ2) is 12.2. The third kappa shape index (κ3) is 6.07. The number of nitro groups is 1. The second-order valence-electron chi connectivity index (χ2n) is 10.6. The SMILES string of the molecule is CCN(CCCCN1C(=O)c2ccccc2C1=O)C1=CC=C(N=Nc2snc3ccc([N+](=O)[O-])cc23)C(C)(NC(C)=O)C1. The number of nitro benzene ring substituents is 1. The molecule has 0 fully saturated rings. The number of carbonyl (C=O) groups is 3. The summed E-state index contributed by atoms with van der Waals surface area (Å²) in [6.45, 7) is 7.17. The molecular formula is C30H31N7O5S. The lowest BCUT2D eigenvalue weighted by molar-refractivity contribution is -0.384. The summed E-state index contributed by atoms with van der Waals surface area (Å²) in [5.41, 5.74) is 2.15. The summed E-state index contributed by atoms with van der Waals surface area (Å²) < 4.78 is 4.31. The Labute approximate surface area is 252 Å². The van der Waals surface area contributed by atoms with Crippen molar-refractivity contribution >= 4 is 50.8 Å². The van der Waals surface area contributed by atoms with Gasteiger partial charge in [0.05, 0.1) is 32.8 Å². The molecule has 5 rings (SSSR count). The van der Waals surface area contributed by atoms with Crippen molar-refractivity contribution < 1.29 is 19.3 Å². The van der Waals surface area contributed by atoms with Gasteiger partial charge in [0, 0.05) is 56.2 Å². The van der Waals surface area contributed by atoms with E-state index in [1.54, 1.807) is 30.3 Å². The van der Waals surface area contributed by atoms with E-state index in [1.807, 2.05) is 26.0 Å². The van der Waals surface area contributed by atoms with Gasteiger partial charge in [0.1, 0.15) is 0 Å². The van der Waals surface area contributed by atoms with Crippen LogP contribution in [0.15, 0.2) is 76.2 Å². The highest BCUT2D eigenvalue weighted by molar-refractivity contribution is 7.11. The van der Waals surface area contributed by atoms with E-state index in [9.17, 15) is 24.5 Å². The molecule has 2 aromatic carbocycles. The minimum atomic E-state index is -0.848. The van der Waals surface area contributed by atoms with E-state index < -0.39 is 10.5 Å². The fraction of sp³-hybridized carbons (Fsp3) is 0.333. The van der Waals surface area contributed by atoms with E-state index in [1.165, 1.54) is 24.0 Å². The van der Waals surface area contributed by atoms with Crippen molar-refractivity contribution in [3.63, 3.8) is 0 Å². The number of aromatic nitrogens is 1. The molecule has 1 aliphatic heterocycles. The van der Waals surface area contributed by atoms with Crippen LogP contribution in [0.25, 0.3) is 10.9 Å². The lowest BCUT2D eigenvalue weighted by atomic mass is 9.87. The molecule has 1 N–H and O–H groups in total. The Morgan fingerprint density at radius 2 is 1.86 bits per heavy atom. The molecule has 3 amide bonds. The van der Waals surface area contributed by atoms with Crippen LogP contribution in [0.1, 0.15) is 60.7 Å². The van der Waals surface area contributed by atoms with E-state index in [2.05, 4.69) is 24.8 Å². The number of hydrogen-bond donors (Lipinski definition) is 1. The minimum absolute atomic E-state index is 0.0555. The molecule has 3 aromatic rings. The Kier molecular flexibility index (Phi) is 8.44. The fourth-order valence-electron chi connectivity index (χ4n) is 5.45. The minimum Gasteiger partial charge on any atom is -0.375 e. The summed E-state index contributed by atoms with van der Waals surface area (Å²) in [7, 11) is 0. The number of rotatable bonds is 11. The number of fused-ring (bicyclic) bond motifs is 2. The third-order valence-electron chi connectivity index (χ3n) is 7.61. The average molecular weight is 602 g/mol. The number of nitrogens with zero attached hydrogens (tertiary/aromatic N) is 6. The monoisotopic (exact) mass is 601 g/mol. The van der Waals surface area contributed by atoms with Gasteiger partial charge in [0.25, 0.3) is 17.5 Å². The van der Waals surface area contributed by atoms with Gasteiger partial charge in [-0.3, -0.25) is 29.4 Å². The first kappa shape index (κ1) is 29.7. The predicted octanol–water partition coefficient (Wildman–Crippen LogP) is 5.75. The summed E-state index contributed by atoms with van der Waals surface area (Å²) in [6.07, 6.45) is 5.68. The quantitative estimate of drug-likeness (QED) is 0.0966. The van der Waals surface area contributed by atoms with Crippen LogP contribution in [0.3, 0.4) is 0 Å². The van der Waals surface area contributed by atoms with Gasteiger partial charge in [-0.25, -0.2) is 0 Å². The van der Waals surface area contributed by atoms with Gasteiger partial charge in [-0.15, -0.1) is 5.11 Å². The van der Waals surface area contributed by atoms with Gasteiger partial charge in [0.15, 0.2) is 5.00 Å². The molecule has 0 spiro atoms. The summed E-state index contributed by atoms with van der Waals surface area (Å²) in [5, 5.41) is 24.1. The number of benzene rings is 2. The second-order valence-corrected chi connectivity index (χ2v) is 11.4. The van der Waals surface area contributed by atoms with Crippen molar-refractivity contribution in [2.75, 3.05) is 19.6 Å². The third-order valence-corrected chi connectivity index (χ3v) is 8.37. The highest BCUT2D eigenvalue weighted by Crippen LogP contribution is 2.37. The van der Waals surface area contributed by atoms with Crippen molar-refractivity contribution in [3.05, 3.63) is 87.3 Å². The number of amides is 3. The summed E-state index contributed by atoms with van der Waals surface area (Å²) in [4.78, 5) is 51.8. The molecule has 222 valence electrons. The van der Waals surface area contributed by atoms with Crippen molar-refractivity contribution in [1.82, 2.24) is 19.5 Å². The average Bonchev–Trinajstić information content (AvgIpc) is 3.49. The molecule has 1 aliphatic carbocycles. The normalized spacial score (nSPS) is 18.2. The zero-order valence-electron chi connectivity index (χ0n) is 24.1. The number of allylic oxidation sites excluding steroid dienone is 2. The number of azo groups is 1. The van der Waals surface area contributed by atoms with Crippen LogP contribution in [-0.4, -0.2) is 62.0 Å². The van der Waals surface area contributed by atoms with Gasteiger partial charge >= 0.3 is 0 Å². The first-order valence-corrected chi connectivity index (χ1v) is 14.7. The van der Waals surface area contributed by atoms with Gasteiger partial charge in [-0.05, 0) is 68.6 Å². The lowest BCUT2D eigenvalue weighted by Gasteiger charge is -2.37. The van der Waals surface area contributed by atoms with Gasteiger partial charge in [-0.1, -0.05) is 12.1 Å². The van der Waals surface area contributed by atoms with Crippen LogP contribution in [-0.2, 0) is 4.79 Å². The smallest absolute Gasteiger partial charge is 0.270 e. The number of unbranched alkanes of at least 4 members (excludes halogenated alkanes) is 1. The number of imide groups is 1. The standard InChI is InChI=1S/C30H31N7O5S/c1-4-35(15-7-8-16-36-28(39)22-9-5-6-10-23(22)29(36)40)21-12-14-26(30(3,18-21)31-19(2)38)32-33-27-24-17-20(37(41)42)11-13-25(24)34-43-27/h5-6,9-14,17H,4,7-8,15-16,18H2,1-3H3,(H,31,38). The molecule has 2 heterocycles. The van der Waals surface area contributed by atoms with Crippen molar-refractivity contribution in [1.29, 1.82) is 0 Å². The molecule has 0 radical (unpaired) electrons. The topological polar surface area (TPSA) is 150 Å². The van der Waals surface area contributed by atoms with E-state index in [0.717, 1.165) is 30.2 Å². The van der Waals surface area contributed by atoms with E-state index >= 15 is 0 Å². The van der Waals surface area contributed by atoms with Crippen LogP contribution < -0.4 is 5.32 Å². The first-order valence-electron chi connectivity index (χ1n) is 14.0. The van der Waals surface area contributed by atoms with E-state index in [0.29, 0.717) is 58.7 Å². The van der Waals surface area contributed by atoms with Crippen LogP contribution in [0.2, 0.25) is 0 Å². The first-order chi connectivity index (χ1) is 20.6. The van der Waals surface area contributed by atoms with E-state index in [4.69, 9.17) is 0 Å². The fourth-order valence-corrected chi connectivity index (χ4v) is 6.13. The Morgan fingerprint density at radius 1 is 1.14 bits per heavy atom. The number of hydrogen-bond acceptors (Lipinski definition) is 10. The lowest BCUT2D eigenvalue weighted by Crippen LogP contribution is -2.48. The predicted molar refractivity (Wildman–Crippen MR) is 162 cm³/mol. The zero-order chi connectivity index (χ0) is 30.7. The van der Waals surface area contributed by atoms with Crippen LogP contribution in [0, 0.1) is 10.1 Å². The molecular weight excluding hydrogens is 570 g/mol. The maximum Gasteiger partial charge on any atom is 0.270 e. The molecule has 43 heavy (non-hydrogen) atoms. The summed E-state index contributed by atoms with van der Waals surface area (Å²) in [6, 6.07) is 11.3. The molecule has 2 aliphatic rings. The van der Waals surface area contributed by atoms with Crippen molar-refractivity contribution in [2.24, 2.45) is 10.2 Å². The molecule has 0 saturated heterocycles. The molecule has 1 atom stereocenters. The maximum atomic E-state index is 12.7. The van der Waals surface area contributed by atoms with Crippen molar-refractivity contribution in [3.8, 4) is 0 Å². The zero-order valence-corrected chi connectivity index (χ0v) is 24.9. The summed E-state index contributed by atoms with van der Waals surface area (Å²) >= 11 is 1.10. The molecule has 1 aromatic heterocycles. The number of non-ortho nitro benzene ring substituents is 1. The van der Waals surface area contributed by atoms with E-state index in [-0.39, 0.29) is 23.4 Å². The van der Waals surface area contributed by atoms with Crippen LogP contribution >= 0.6 is 11.5 Å². The molecule has 1 unspecified atom stereocenters. The Hall–Kier alpha value is -4.78. The number of carbonyl (C=O) groups excluding carboxylic acids is 3. The molecule has 0 saturated carbocycles. The van der Waals surface area contributed by atoms with Gasteiger partial charge < -0.3 is 10.2 Å². The Bertz CT molecular complexity index is 1680. The van der Waals surface area contributed by atoms with Crippen LogP contribution in [0.4, 0.5) is 10.7 Å². The molecule has 13 heteroatoms. The summed E-state index contributed by atoms with van der Waals surface area (Å²) in [5.74, 6) is -0.705. The number of nitrogens with one attached hydrogen (secondary N) is 1. The Morgan fingerprint density at radius 3 is 2.51 bits per heavy atom. The van der Waals surface area contributed by atoms with Crippen LogP contribution in [0.5, 0.6) is 0 Å². The maximum absolute atomic E-state index is 12.7.